The third kappa shape index (κ3) is 2.42. The summed E-state index contributed by atoms with van der Waals surface area (Å²) in [7, 11) is 1.27. The van der Waals surface area contributed by atoms with E-state index in [4.69, 9.17) is 22.8 Å². The number of anilines is 1. The van der Waals surface area contributed by atoms with Crippen LogP contribution in [0.5, 0.6) is 0 Å². The molecule has 1 aromatic rings. The van der Waals surface area contributed by atoms with Crippen molar-refractivity contribution in [2.24, 2.45) is 5.92 Å². The first-order chi connectivity index (χ1) is 9.08. The lowest BCUT2D eigenvalue weighted by Crippen LogP contribution is -2.26. The smallest absolute Gasteiger partial charge is 0.341 e. The summed E-state index contributed by atoms with van der Waals surface area (Å²) in [6.07, 6.45) is 5.63. The Morgan fingerprint density at radius 2 is 2.32 bits per heavy atom. The van der Waals surface area contributed by atoms with Crippen molar-refractivity contribution < 1.29 is 14.3 Å². The second-order valence-electron chi connectivity index (χ2n) is 4.20. The van der Waals surface area contributed by atoms with Crippen LogP contribution in [-0.2, 0) is 9.53 Å². The largest absolute Gasteiger partial charge is 0.465 e. The lowest BCUT2D eigenvalue weighted by atomic mass is 10.1. The molecule has 1 unspecified atom stereocenters. The van der Waals surface area contributed by atoms with Crippen LogP contribution < -0.4 is 4.90 Å². The molecule has 1 saturated heterocycles. The fraction of sp³-hybridized carbons (Fsp3) is 0.286. The molecule has 0 bridgehead atoms. The number of methoxy groups -OCH3 is 1. The molecule has 0 spiro atoms. The molecule has 1 heterocycles. The Balaban J connectivity index is 2.46. The Bertz CT molecular complexity index is 577. The van der Waals surface area contributed by atoms with Crippen molar-refractivity contribution in [3.8, 4) is 12.3 Å². The number of ether oxygens (including phenoxy) is 1. The normalized spacial score (nSPS) is 18.3. The minimum atomic E-state index is -0.572. The highest BCUT2D eigenvalue weighted by molar-refractivity contribution is 6.34. The maximum absolute atomic E-state index is 12.0. The van der Waals surface area contributed by atoms with Crippen molar-refractivity contribution in [3.05, 3.63) is 28.8 Å². The fourth-order valence-corrected chi connectivity index (χ4v) is 2.34. The number of hydrogen-bond donors (Lipinski definition) is 0. The summed E-state index contributed by atoms with van der Waals surface area (Å²) in [5.74, 6) is 1.73. The first-order valence-corrected chi connectivity index (χ1v) is 6.09. The second-order valence-corrected chi connectivity index (χ2v) is 4.60. The van der Waals surface area contributed by atoms with Crippen LogP contribution in [0.15, 0.2) is 18.2 Å². The Labute approximate surface area is 116 Å². The van der Waals surface area contributed by atoms with Crippen LogP contribution in [0.2, 0.25) is 5.02 Å². The number of halogens is 1. The molecule has 5 heteroatoms. The lowest BCUT2D eigenvalue weighted by Gasteiger charge is -2.19. The minimum Gasteiger partial charge on any atom is -0.465 e. The van der Waals surface area contributed by atoms with Gasteiger partial charge in [-0.2, -0.15) is 0 Å². The number of benzene rings is 1. The van der Waals surface area contributed by atoms with Gasteiger partial charge in [0.1, 0.15) is 5.56 Å². The quantitative estimate of drug-likeness (QED) is 0.614. The average molecular weight is 278 g/mol. The minimum absolute atomic E-state index is 0.115. The molecule has 1 atom stereocenters. The van der Waals surface area contributed by atoms with Gasteiger partial charge in [0.2, 0.25) is 5.91 Å². The summed E-state index contributed by atoms with van der Waals surface area (Å²) < 4.78 is 4.70. The monoisotopic (exact) mass is 277 g/mol. The molecule has 1 aliphatic rings. The van der Waals surface area contributed by atoms with Crippen molar-refractivity contribution in [2.75, 3.05) is 18.6 Å². The molecule has 1 aliphatic heterocycles. The zero-order valence-electron chi connectivity index (χ0n) is 10.4. The van der Waals surface area contributed by atoms with Gasteiger partial charge in [0.05, 0.1) is 17.8 Å². The van der Waals surface area contributed by atoms with E-state index in [-0.39, 0.29) is 28.8 Å². The molecule has 0 aliphatic carbocycles. The van der Waals surface area contributed by atoms with Crippen LogP contribution in [0.1, 0.15) is 16.8 Å². The molecule has 0 radical (unpaired) electrons. The van der Waals surface area contributed by atoms with Crippen molar-refractivity contribution in [2.45, 2.75) is 6.42 Å². The second kappa shape index (κ2) is 5.33. The maximum Gasteiger partial charge on any atom is 0.341 e. The first kappa shape index (κ1) is 13.4. The highest BCUT2D eigenvalue weighted by atomic mass is 35.5. The Kier molecular flexibility index (Phi) is 3.77. The average Bonchev–Trinajstić information content (AvgIpc) is 2.79. The Morgan fingerprint density at radius 1 is 1.58 bits per heavy atom. The molecule has 1 fully saturated rings. The van der Waals surface area contributed by atoms with E-state index in [1.165, 1.54) is 12.0 Å². The fourth-order valence-electron chi connectivity index (χ4n) is 2.09. The number of hydrogen-bond acceptors (Lipinski definition) is 3. The molecule has 0 saturated carbocycles. The lowest BCUT2D eigenvalue weighted by molar-refractivity contribution is -0.117. The number of esters is 1. The van der Waals surface area contributed by atoms with Gasteiger partial charge in [-0.05, 0) is 12.1 Å². The van der Waals surface area contributed by atoms with Gasteiger partial charge in [-0.25, -0.2) is 4.79 Å². The number of nitrogens with zero attached hydrogens (tertiary/aromatic N) is 1. The molecule has 98 valence electrons. The van der Waals surface area contributed by atoms with E-state index in [2.05, 4.69) is 5.92 Å². The third-order valence-electron chi connectivity index (χ3n) is 3.03. The summed E-state index contributed by atoms with van der Waals surface area (Å²) in [5, 5.41) is 0.251. The van der Waals surface area contributed by atoms with E-state index in [1.54, 1.807) is 18.2 Å². The van der Waals surface area contributed by atoms with Gasteiger partial charge in [-0.3, -0.25) is 4.79 Å². The standard InChI is InChI=1S/C14H12ClNO3/c1-3-9-7-12(17)16(8-9)11-6-4-5-10(15)13(11)14(18)19-2/h1,4-6,9H,7-8H2,2H3. The van der Waals surface area contributed by atoms with Crippen molar-refractivity contribution >= 4 is 29.2 Å². The molecule has 1 aromatic carbocycles. The van der Waals surface area contributed by atoms with Gasteiger partial charge in [-0.15, -0.1) is 12.3 Å². The first-order valence-electron chi connectivity index (χ1n) is 5.71. The summed E-state index contributed by atoms with van der Waals surface area (Å²) in [5.41, 5.74) is 0.639. The van der Waals surface area contributed by atoms with Crippen LogP contribution in [0.3, 0.4) is 0 Å². The van der Waals surface area contributed by atoms with Gasteiger partial charge in [-0.1, -0.05) is 17.7 Å². The number of carbonyl (C=O) groups is 2. The summed E-state index contributed by atoms with van der Waals surface area (Å²) in [4.78, 5) is 25.2. The van der Waals surface area contributed by atoms with Gasteiger partial charge < -0.3 is 9.64 Å². The van der Waals surface area contributed by atoms with Crippen molar-refractivity contribution in [1.82, 2.24) is 0 Å². The van der Waals surface area contributed by atoms with Crippen LogP contribution >= 0.6 is 11.6 Å². The molecule has 0 aromatic heterocycles. The number of terminal acetylenes is 1. The summed E-state index contributed by atoms with van der Waals surface area (Å²) >= 11 is 6.02. The highest BCUT2D eigenvalue weighted by Gasteiger charge is 2.32. The molecular formula is C14H12ClNO3. The number of amides is 1. The van der Waals surface area contributed by atoms with E-state index in [9.17, 15) is 9.59 Å². The third-order valence-corrected chi connectivity index (χ3v) is 3.35. The van der Waals surface area contributed by atoms with E-state index < -0.39 is 5.97 Å². The predicted octanol–water partition coefficient (Wildman–Crippen LogP) is 2.11. The Hall–Kier alpha value is -1.99. The molecule has 0 N–H and O–H groups in total. The van der Waals surface area contributed by atoms with Gasteiger partial charge in [0.25, 0.3) is 0 Å². The van der Waals surface area contributed by atoms with Gasteiger partial charge in [0.15, 0.2) is 0 Å². The van der Waals surface area contributed by atoms with Crippen LogP contribution in [0.4, 0.5) is 5.69 Å². The van der Waals surface area contributed by atoms with Crippen LogP contribution in [0, 0.1) is 18.3 Å². The predicted molar refractivity (Wildman–Crippen MR) is 72.1 cm³/mol. The van der Waals surface area contributed by atoms with Gasteiger partial charge >= 0.3 is 5.97 Å². The summed E-state index contributed by atoms with van der Waals surface area (Å²) in [6, 6.07) is 4.92. The molecule has 4 nitrogen and oxygen atoms in total. The molecule has 2 rings (SSSR count). The molecular weight excluding hydrogens is 266 g/mol. The highest BCUT2D eigenvalue weighted by Crippen LogP contribution is 2.32. The molecule has 19 heavy (non-hydrogen) atoms. The topological polar surface area (TPSA) is 46.6 Å². The van der Waals surface area contributed by atoms with E-state index >= 15 is 0 Å². The zero-order chi connectivity index (χ0) is 14.0. The van der Waals surface area contributed by atoms with E-state index in [0.717, 1.165) is 0 Å². The maximum atomic E-state index is 12.0. The SMILES string of the molecule is C#CC1CC(=O)N(c2cccc(Cl)c2C(=O)OC)C1. The van der Waals surface area contributed by atoms with Crippen molar-refractivity contribution in [3.63, 3.8) is 0 Å². The van der Waals surface area contributed by atoms with Crippen LogP contribution in [-0.4, -0.2) is 25.5 Å². The van der Waals surface area contributed by atoms with E-state index in [0.29, 0.717) is 12.2 Å². The molecule has 1 amide bonds. The number of rotatable bonds is 2. The zero-order valence-corrected chi connectivity index (χ0v) is 11.1. The van der Waals surface area contributed by atoms with Gasteiger partial charge in [0, 0.05) is 18.9 Å². The van der Waals surface area contributed by atoms with E-state index in [1.807, 2.05) is 0 Å². The summed E-state index contributed by atoms with van der Waals surface area (Å²) in [6.45, 7) is 0.389. The van der Waals surface area contributed by atoms with Crippen LogP contribution in [0.25, 0.3) is 0 Å². The Morgan fingerprint density at radius 3 is 2.89 bits per heavy atom. The number of carbonyl (C=O) groups excluding carboxylic acids is 2. The van der Waals surface area contributed by atoms with Crippen molar-refractivity contribution in [1.29, 1.82) is 0 Å².